The van der Waals surface area contributed by atoms with Crippen molar-refractivity contribution in [1.29, 1.82) is 0 Å². The summed E-state index contributed by atoms with van der Waals surface area (Å²) in [5, 5.41) is 0. The highest BCUT2D eigenvalue weighted by Crippen LogP contribution is 2.24. The summed E-state index contributed by atoms with van der Waals surface area (Å²) in [4.78, 5) is 0. The monoisotopic (exact) mass is 195 g/mol. The highest BCUT2D eigenvalue weighted by atomic mass is 28.3. The van der Waals surface area contributed by atoms with Crippen LogP contribution in [0.25, 0.3) is 0 Å². The molecule has 0 bridgehead atoms. The van der Waals surface area contributed by atoms with Gasteiger partial charge in [-0.05, 0) is 32.2 Å². The minimum Gasteiger partial charge on any atom is -0.328 e. The van der Waals surface area contributed by atoms with Crippen molar-refractivity contribution in [2.24, 2.45) is 0 Å². The number of hydrogen-bond acceptors (Lipinski definition) is 1. The normalized spacial score (nSPS) is 11.3. The fraction of sp³-hybridized carbons (Fsp3) is 0.455. The SMILES string of the molecule is C=CC[Si](CC=C)(CC=C)N(C)C. The third-order valence-corrected chi connectivity index (χ3v) is 7.56. The summed E-state index contributed by atoms with van der Waals surface area (Å²) in [6.07, 6.45) is 6.08. The molecule has 0 heterocycles. The van der Waals surface area contributed by atoms with Crippen molar-refractivity contribution in [1.82, 2.24) is 4.57 Å². The topological polar surface area (TPSA) is 3.24 Å². The maximum atomic E-state index is 3.83. The van der Waals surface area contributed by atoms with Crippen molar-refractivity contribution >= 4 is 8.24 Å². The molecule has 0 saturated heterocycles. The molecule has 13 heavy (non-hydrogen) atoms. The Morgan fingerprint density at radius 2 is 1.23 bits per heavy atom. The maximum Gasteiger partial charge on any atom is 0.139 e. The smallest absolute Gasteiger partial charge is 0.139 e. The largest absolute Gasteiger partial charge is 0.328 e. The van der Waals surface area contributed by atoms with E-state index in [-0.39, 0.29) is 0 Å². The second-order valence-electron chi connectivity index (χ2n) is 3.60. The maximum absolute atomic E-state index is 3.83. The zero-order valence-corrected chi connectivity index (χ0v) is 9.92. The summed E-state index contributed by atoms with van der Waals surface area (Å²) in [5.74, 6) is 0. The molecule has 0 aromatic heterocycles. The molecule has 0 saturated carbocycles. The van der Waals surface area contributed by atoms with Crippen molar-refractivity contribution in [3.8, 4) is 0 Å². The van der Waals surface area contributed by atoms with E-state index in [4.69, 9.17) is 0 Å². The Kier molecular flexibility index (Phi) is 5.67. The number of rotatable bonds is 7. The van der Waals surface area contributed by atoms with Gasteiger partial charge in [-0.3, -0.25) is 0 Å². The molecular weight excluding hydrogens is 174 g/mol. The molecule has 1 nitrogen and oxygen atoms in total. The van der Waals surface area contributed by atoms with Crippen LogP contribution in [0.4, 0.5) is 0 Å². The molecule has 0 aromatic rings. The lowest BCUT2D eigenvalue weighted by Crippen LogP contribution is -2.48. The summed E-state index contributed by atoms with van der Waals surface area (Å²) < 4.78 is 2.37. The van der Waals surface area contributed by atoms with Crippen LogP contribution in [-0.2, 0) is 0 Å². The molecule has 0 radical (unpaired) electrons. The summed E-state index contributed by atoms with van der Waals surface area (Å²) in [7, 11) is 2.92. The van der Waals surface area contributed by atoms with E-state index < -0.39 is 8.24 Å². The Morgan fingerprint density at radius 1 is 0.923 bits per heavy atom. The molecule has 0 aliphatic carbocycles. The van der Waals surface area contributed by atoms with E-state index in [0.717, 1.165) is 18.1 Å². The number of hydrogen-bond donors (Lipinski definition) is 0. The second-order valence-corrected chi connectivity index (χ2v) is 8.17. The van der Waals surface area contributed by atoms with Gasteiger partial charge in [0.05, 0.1) is 0 Å². The molecule has 0 fully saturated rings. The zero-order valence-electron chi connectivity index (χ0n) is 8.92. The average Bonchev–Trinajstić information content (AvgIpc) is 2.05. The third-order valence-electron chi connectivity index (χ3n) is 2.52. The van der Waals surface area contributed by atoms with E-state index in [1.54, 1.807) is 0 Å². The van der Waals surface area contributed by atoms with Crippen molar-refractivity contribution in [3.63, 3.8) is 0 Å². The minimum atomic E-state index is -1.39. The average molecular weight is 195 g/mol. The van der Waals surface area contributed by atoms with E-state index in [9.17, 15) is 0 Å². The predicted octanol–water partition coefficient (Wildman–Crippen LogP) is 3.05. The lowest BCUT2D eigenvalue weighted by molar-refractivity contribution is 0.612. The van der Waals surface area contributed by atoms with Crippen LogP contribution in [0, 0.1) is 0 Å². The van der Waals surface area contributed by atoms with E-state index in [2.05, 4.69) is 38.4 Å². The predicted molar refractivity (Wildman–Crippen MR) is 64.5 cm³/mol. The van der Waals surface area contributed by atoms with Gasteiger partial charge < -0.3 is 4.57 Å². The van der Waals surface area contributed by atoms with Crippen molar-refractivity contribution in [2.75, 3.05) is 14.1 Å². The molecule has 0 N–H and O–H groups in total. The van der Waals surface area contributed by atoms with E-state index >= 15 is 0 Å². The highest BCUT2D eigenvalue weighted by molar-refractivity contribution is 6.78. The Morgan fingerprint density at radius 3 is 1.38 bits per heavy atom. The molecule has 0 aliphatic heterocycles. The fourth-order valence-corrected chi connectivity index (χ4v) is 4.81. The van der Waals surface area contributed by atoms with Gasteiger partial charge in [0.1, 0.15) is 8.24 Å². The van der Waals surface area contributed by atoms with Crippen LogP contribution < -0.4 is 0 Å². The van der Waals surface area contributed by atoms with Gasteiger partial charge in [-0.2, -0.15) is 0 Å². The first-order chi connectivity index (χ1) is 6.13. The highest BCUT2D eigenvalue weighted by Gasteiger charge is 2.31. The minimum absolute atomic E-state index is 1.11. The van der Waals surface area contributed by atoms with Gasteiger partial charge >= 0.3 is 0 Å². The summed E-state index contributed by atoms with van der Waals surface area (Å²) in [6, 6.07) is 3.33. The van der Waals surface area contributed by atoms with Gasteiger partial charge in [-0.25, -0.2) is 0 Å². The van der Waals surface area contributed by atoms with Gasteiger partial charge in [0.2, 0.25) is 0 Å². The quantitative estimate of drug-likeness (QED) is 0.446. The molecule has 0 rings (SSSR count). The van der Waals surface area contributed by atoms with Gasteiger partial charge in [0.25, 0.3) is 0 Å². The molecule has 74 valence electrons. The molecule has 0 aliphatic rings. The van der Waals surface area contributed by atoms with E-state index in [1.807, 2.05) is 18.2 Å². The first kappa shape index (κ1) is 12.4. The van der Waals surface area contributed by atoms with Crippen LogP contribution in [0.1, 0.15) is 0 Å². The molecule has 0 amide bonds. The molecule has 0 spiro atoms. The summed E-state index contributed by atoms with van der Waals surface area (Å²) in [5.41, 5.74) is 0. The summed E-state index contributed by atoms with van der Waals surface area (Å²) in [6.45, 7) is 11.5. The van der Waals surface area contributed by atoms with Crippen molar-refractivity contribution < 1.29 is 0 Å². The fourth-order valence-electron chi connectivity index (χ4n) is 1.60. The summed E-state index contributed by atoms with van der Waals surface area (Å²) >= 11 is 0. The van der Waals surface area contributed by atoms with Crippen molar-refractivity contribution in [3.05, 3.63) is 38.0 Å². The van der Waals surface area contributed by atoms with Crippen LogP contribution in [0.15, 0.2) is 38.0 Å². The second kappa shape index (κ2) is 5.94. The number of nitrogens with zero attached hydrogens (tertiary/aromatic N) is 1. The standard InChI is InChI=1S/C11H21NSi/c1-6-9-13(10-7-2,11-8-3)12(4)5/h6-8H,1-3,9-11H2,4-5H3. The molecule has 0 atom stereocenters. The van der Waals surface area contributed by atoms with Gasteiger partial charge in [0.15, 0.2) is 0 Å². The van der Waals surface area contributed by atoms with E-state index in [0.29, 0.717) is 0 Å². The molecule has 2 heteroatoms. The van der Waals surface area contributed by atoms with Crippen molar-refractivity contribution in [2.45, 2.75) is 18.1 Å². The molecule has 0 unspecified atom stereocenters. The Hall–Kier alpha value is -0.603. The third kappa shape index (κ3) is 3.33. The Bertz CT molecular complexity index is 158. The first-order valence-electron chi connectivity index (χ1n) is 4.63. The van der Waals surface area contributed by atoms with Gasteiger partial charge in [0, 0.05) is 0 Å². The lowest BCUT2D eigenvalue weighted by atomic mass is 10.7. The molecular formula is C11H21NSi. The first-order valence-corrected chi connectivity index (χ1v) is 7.20. The molecule has 0 aromatic carbocycles. The Labute approximate surface area is 83.5 Å². The lowest BCUT2D eigenvalue weighted by Gasteiger charge is -2.35. The van der Waals surface area contributed by atoms with Crippen LogP contribution in [0.3, 0.4) is 0 Å². The Balaban J connectivity index is 4.65. The van der Waals surface area contributed by atoms with Gasteiger partial charge in [-0.1, -0.05) is 18.2 Å². The van der Waals surface area contributed by atoms with Crippen LogP contribution in [-0.4, -0.2) is 26.9 Å². The van der Waals surface area contributed by atoms with Crippen LogP contribution >= 0.6 is 0 Å². The van der Waals surface area contributed by atoms with E-state index in [1.165, 1.54) is 0 Å². The van der Waals surface area contributed by atoms with Crippen LogP contribution in [0.5, 0.6) is 0 Å². The van der Waals surface area contributed by atoms with Crippen LogP contribution in [0.2, 0.25) is 18.1 Å². The zero-order chi connectivity index (χ0) is 10.3. The van der Waals surface area contributed by atoms with Gasteiger partial charge in [-0.15, -0.1) is 19.7 Å². The number of allylic oxidation sites excluding steroid dienone is 3.